The van der Waals surface area contributed by atoms with E-state index in [0.717, 1.165) is 16.8 Å². The number of aryl methyl sites for hydroxylation is 2. The summed E-state index contributed by atoms with van der Waals surface area (Å²) in [5, 5.41) is 11.3. The van der Waals surface area contributed by atoms with Crippen molar-refractivity contribution in [2.75, 3.05) is 32.8 Å². The maximum Gasteiger partial charge on any atom is 0.325 e. The Balaban J connectivity index is 1.62. The van der Waals surface area contributed by atoms with Crippen molar-refractivity contribution in [2.24, 2.45) is 20.2 Å². The number of morpholine rings is 1. The van der Waals surface area contributed by atoms with Crippen molar-refractivity contribution < 1.29 is 13.2 Å². The van der Waals surface area contributed by atoms with Gasteiger partial charge in [-0.1, -0.05) is 54.1 Å². The van der Waals surface area contributed by atoms with E-state index in [1.54, 1.807) is 26.0 Å². The molecule has 2 aliphatic rings. The fraction of sp³-hybridized carbons (Fsp3) is 0.346. The fourth-order valence-electron chi connectivity index (χ4n) is 4.62. The van der Waals surface area contributed by atoms with Gasteiger partial charge in [-0.2, -0.15) is 27.5 Å². The summed E-state index contributed by atoms with van der Waals surface area (Å²) >= 11 is 6.16. The topological polar surface area (TPSA) is 144 Å². The number of aromatic nitrogens is 3. The number of aliphatic imine (C=N–C) groups is 1. The Bertz CT molecular complexity index is 1550. The third-order valence-electron chi connectivity index (χ3n) is 6.56. The molecule has 1 saturated heterocycles. The molecular formula is C26H30ClN9O3S. The second-order valence-electron chi connectivity index (χ2n) is 9.34. The summed E-state index contributed by atoms with van der Waals surface area (Å²) in [6.45, 7) is 4.75. The van der Waals surface area contributed by atoms with E-state index < -0.39 is 10.2 Å². The van der Waals surface area contributed by atoms with E-state index in [-0.39, 0.29) is 44.1 Å². The van der Waals surface area contributed by atoms with Crippen molar-refractivity contribution in [3.63, 3.8) is 0 Å². The minimum absolute atomic E-state index is 0.0442. The molecule has 12 nitrogen and oxygen atoms in total. The maximum atomic E-state index is 13.4. The predicted octanol–water partition coefficient (Wildman–Crippen LogP) is 2.54. The SMILES string of the molecule is Cc1nc(C)n(/C(N)=N/C(=N\S(=O)(=O)N2CCOCC2)N2CCC(c3ccccc3)C(c3ccc(Cl)cc3)=N2)n1. The lowest BCUT2D eigenvalue weighted by Gasteiger charge is -2.31. The molecule has 3 heterocycles. The molecule has 14 heteroatoms. The van der Waals surface area contributed by atoms with Crippen LogP contribution < -0.4 is 5.73 Å². The van der Waals surface area contributed by atoms with Crippen molar-refractivity contribution >= 4 is 39.4 Å². The molecule has 1 aromatic heterocycles. The van der Waals surface area contributed by atoms with Gasteiger partial charge in [0.2, 0.25) is 5.96 Å². The second-order valence-corrected chi connectivity index (χ2v) is 11.4. The average molecular weight is 584 g/mol. The first-order chi connectivity index (χ1) is 19.2. The third kappa shape index (κ3) is 6.22. The van der Waals surface area contributed by atoms with Crippen LogP contribution in [0.25, 0.3) is 0 Å². The van der Waals surface area contributed by atoms with Crippen molar-refractivity contribution in [1.29, 1.82) is 0 Å². The van der Waals surface area contributed by atoms with E-state index in [1.807, 2.05) is 30.3 Å². The Labute approximate surface area is 238 Å². The van der Waals surface area contributed by atoms with Gasteiger partial charge in [0, 0.05) is 30.6 Å². The molecule has 0 aliphatic carbocycles. The van der Waals surface area contributed by atoms with Crippen LogP contribution in [0.5, 0.6) is 0 Å². The molecule has 0 spiro atoms. The Morgan fingerprint density at radius 3 is 2.40 bits per heavy atom. The molecular weight excluding hydrogens is 554 g/mol. The van der Waals surface area contributed by atoms with Crippen LogP contribution in [-0.4, -0.2) is 83.0 Å². The summed E-state index contributed by atoms with van der Waals surface area (Å²) in [7, 11) is -4.11. The van der Waals surface area contributed by atoms with Gasteiger partial charge in [-0.3, -0.25) is 0 Å². The first-order valence-corrected chi connectivity index (χ1v) is 14.6. The molecule has 2 N–H and O–H groups in total. The third-order valence-corrected chi connectivity index (χ3v) is 8.22. The smallest absolute Gasteiger partial charge is 0.325 e. The lowest BCUT2D eigenvalue weighted by Crippen LogP contribution is -2.42. The summed E-state index contributed by atoms with van der Waals surface area (Å²) < 4.78 is 38.7. The molecule has 2 aromatic carbocycles. The van der Waals surface area contributed by atoms with Gasteiger partial charge in [-0.25, -0.2) is 9.99 Å². The number of guanidine groups is 1. The number of nitrogens with zero attached hydrogens (tertiary/aromatic N) is 8. The van der Waals surface area contributed by atoms with E-state index in [2.05, 4.69) is 31.6 Å². The van der Waals surface area contributed by atoms with Crippen LogP contribution in [0.1, 0.15) is 35.1 Å². The van der Waals surface area contributed by atoms with Crippen molar-refractivity contribution in [3.8, 4) is 0 Å². The van der Waals surface area contributed by atoms with Crippen LogP contribution in [0, 0.1) is 13.8 Å². The van der Waals surface area contributed by atoms with Gasteiger partial charge in [0.15, 0.2) is 0 Å². The number of halogens is 1. The zero-order valence-corrected chi connectivity index (χ0v) is 23.8. The number of benzene rings is 2. The van der Waals surface area contributed by atoms with Crippen LogP contribution in [0.15, 0.2) is 69.1 Å². The largest absolute Gasteiger partial charge is 0.379 e. The molecule has 0 radical (unpaired) electrons. The molecule has 0 bridgehead atoms. The summed E-state index contributed by atoms with van der Waals surface area (Å²) in [4.78, 5) is 8.69. The summed E-state index contributed by atoms with van der Waals surface area (Å²) in [6.07, 6.45) is 0.624. The van der Waals surface area contributed by atoms with Crippen molar-refractivity contribution in [3.05, 3.63) is 82.4 Å². The molecule has 40 heavy (non-hydrogen) atoms. The highest BCUT2D eigenvalue weighted by Gasteiger charge is 2.31. The highest BCUT2D eigenvalue weighted by Crippen LogP contribution is 2.30. The first kappa shape index (κ1) is 27.9. The number of hydrazone groups is 1. The highest BCUT2D eigenvalue weighted by atomic mass is 35.5. The van der Waals surface area contributed by atoms with E-state index in [1.165, 1.54) is 14.0 Å². The molecule has 1 fully saturated rings. The molecule has 0 amide bonds. The van der Waals surface area contributed by atoms with Crippen LogP contribution >= 0.6 is 11.6 Å². The van der Waals surface area contributed by atoms with E-state index >= 15 is 0 Å². The summed E-state index contributed by atoms with van der Waals surface area (Å²) in [6, 6.07) is 17.4. The quantitative estimate of drug-likeness (QED) is 0.367. The summed E-state index contributed by atoms with van der Waals surface area (Å²) in [5.74, 6) is 0.707. The van der Waals surface area contributed by atoms with Gasteiger partial charge in [0.25, 0.3) is 5.96 Å². The van der Waals surface area contributed by atoms with Crippen molar-refractivity contribution in [2.45, 2.75) is 26.2 Å². The summed E-state index contributed by atoms with van der Waals surface area (Å²) in [5.41, 5.74) is 8.97. The first-order valence-electron chi connectivity index (χ1n) is 12.8. The van der Waals surface area contributed by atoms with Gasteiger partial charge in [0.05, 0.1) is 18.9 Å². The van der Waals surface area contributed by atoms with Crippen LogP contribution in [-0.2, 0) is 14.9 Å². The zero-order valence-electron chi connectivity index (χ0n) is 22.2. The monoisotopic (exact) mass is 583 g/mol. The Kier molecular flexibility index (Phi) is 8.26. The molecule has 210 valence electrons. The fourth-order valence-corrected chi connectivity index (χ4v) is 5.82. The number of hydrogen-bond acceptors (Lipinski definition) is 6. The van der Waals surface area contributed by atoms with Crippen LogP contribution in [0.2, 0.25) is 5.02 Å². The Morgan fingerprint density at radius 1 is 1.05 bits per heavy atom. The van der Waals surface area contributed by atoms with Crippen molar-refractivity contribution in [1.82, 2.24) is 24.1 Å². The van der Waals surface area contributed by atoms with Gasteiger partial charge in [0.1, 0.15) is 11.6 Å². The molecule has 0 saturated carbocycles. The Morgan fingerprint density at radius 2 is 1.75 bits per heavy atom. The van der Waals surface area contributed by atoms with Crippen LogP contribution in [0.3, 0.4) is 0 Å². The van der Waals surface area contributed by atoms with Crippen LogP contribution in [0.4, 0.5) is 0 Å². The normalized spacial score (nSPS) is 19.5. The van der Waals surface area contributed by atoms with E-state index in [0.29, 0.717) is 29.6 Å². The molecule has 3 aromatic rings. The number of nitrogens with two attached hydrogens (primary N) is 1. The molecule has 2 aliphatic heterocycles. The van der Waals surface area contributed by atoms with E-state index in [9.17, 15) is 8.42 Å². The molecule has 1 atom stereocenters. The number of hydrogen-bond donors (Lipinski definition) is 1. The lowest BCUT2D eigenvalue weighted by atomic mass is 9.86. The molecule has 5 rings (SSSR count). The Hall–Kier alpha value is -3.65. The number of rotatable bonds is 4. The zero-order chi connectivity index (χ0) is 28.3. The van der Waals surface area contributed by atoms with E-state index in [4.69, 9.17) is 27.2 Å². The van der Waals surface area contributed by atoms with Gasteiger partial charge in [-0.05, 0) is 43.5 Å². The standard InChI is InChI=1S/C26H30ClN9O3S/c1-18-29-19(2)36(31-18)25(28)30-26(33-40(37,38)34-14-16-39-17-15-34)35-13-12-23(20-6-4-3-5-7-20)24(32-35)21-8-10-22(27)11-9-21/h3-11,23H,12-17H2,1-2H3,(H2,28,30,33). The average Bonchev–Trinajstić information content (AvgIpc) is 3.31. The lowest BCUT2D eigenvalue weighted by molar-refractivity contribution is 0.0730. The molecule has 1 unspecified atom stereocenters. The van der Waals surface area contributed by atoms with Gasteiger partial charge in [-0.15, -0.1) is 9.50 Å². The second kappa shape index (κ2) is 11.8. The van der Waals surface area contributed by atoms with Gasteiger partial charge < -0.3 is 10.5 Å². The van der Waals surface area contributed by atoms with Gasteiger partial charge >= 0.3 is 10.2 Å². The minimum Gasteiger partial charge on any atom is -0.379 e. The predicted molar refractivity (Wildman–Crippen MR) is 154 cm³/mol. The minimum atomic E-state index is -4.11. The maximum absolute atomic E-state index is 13.4. The number of ether oxygens (including phenoxy) is 1. The highest BCUT2D eigenvalue weighted by molar-refractivity contribution is 7.87.